The lowest BCUT2D eigenvalue weighted by Crippen LogP contribution is -2.33. The molecule has 2 bridgehead atoms. The van der Waals surface area contributed by atoms with Gasteiger partial charge in [0.2, 0.25) is 0 Å². The zero-order valence-electron chi connectivity index (χ0n) is 18.0. The molecule has 6 rings (SSSR count). The molecular formula is C23H32N6O. The zero-order chi connectivity index (χ0) is 20.2. The smallest absolute Gasteiger partial charge is 0.148 e. The second-order valence-corrected chi connectivity index (χ2v) is 10.0. The molecule has 5 heterocycles. The Balaban J connectivity index is 1.03. The molecule has 2 aromatic rings. The first-order chi connectivity index (χ1) is 14.6. The van der Waals surface area contributed by atoms with Crippen molar-refractivity contribution in [2.75, 3.05) is 25.0 Å². The molecule has 7 nitrogen and oxygen atoms in total. The van der Waals surface area contributed by atoms with Crippen LogP contribution >= 0.6 is 0 Å². The Labute approximate surface area is 178 Å². The molecular weight excluding hydrogens is 376 g/mol. The van der Waals surface area contributed by atoms with Crippen LogP contribution in [0.2, 0.25) is 0 Å². The monoisotopic (exact) mass is 408 g/mol. The lowest BCUT2D eigenvalue weighted by Gasteiger charge is -2.26. The number of nitrogens with zero attached hydrogens (tertiary/aromatic N) is 5. The Morgan fingerprint density at radius 2 is 1.93 bits per heavy atom. The molecule has 4 aliphatic rings. The highest BCUT2D eigenvalue weighted by atomic mass is 16.5. The van der Waals surface area contributed by atoms with Crippen molar-refractivity contribution >= 4 is 5.82 Å². The summed E-state index contributed by atoms with van der Waals surface area (Å²) in [7, 11) is 1.95. The van der Waals surface area contributed by atoms with Gasteiger partial charge in [0.15, 0.2) is 0 Å². The maximum absolute atomic E-state index is 6.06. The molecule has 2 aromatic heterocycles. The van der Waals surface area contributed by atoms with E-state index in [4.69, 9.17) is 4.74 Å². The molecule has 3 aliphatic heterocycles. The van der Waals surface area contributed by atoms with Crippen LogP contribution in [0.5, 0.6) is 0 Å². The topological polar surface area (TPSA) is 68.1 Å². The number of ether oxygens (including phenoxy) is 1. The van der Waals surface area contributed by atoms with Gasteiger partial charge in [0.25, 0.3) is 0 Å². The van der Waals surface area contributed by atoms with Gasteiger partial charge in [-0.2, -0.15) is 5.10 Å². The van der Waals surface area contributed by atoms with Gasteiger partial charge in [0, 0.05) is 38.6 Å². The SMILES string of the molecule is Cc1cnn(C)c1-c1ccc(N[C@@H]2C[C@@H]3CN(CC4CC5CCC4O5)C[C@@H]3C2)nn1. The van der Waals surface area contributed by atoms with Crippen LogP contribution in [-0.2, 0) is 11.8 Å². The van der Waals surface area contributed by atoms with Crippen molar-refractivity contribution in [3.05, 3.63) is 23.9 Å². The number of rotatable bonds is 5. The number of hydrogen-bond acceptors (Lipinski definition) is 6. The molecule has 1 aliphatic carbocycles. The predicted molar refractivity (Wildman–Crippen MR) is 115 cm³/mol. The van der Waals surface area contributed by atoms with Gasteiger partial charge >= 0.3 is 0 Å². The van der Waals surface area contributed by atoms with Crippen LogP contribution in [-0.4, -0.2) is 62.8 Å². The van der Waals surface area contributed by atoms with Crippen LogP contribution in [0.25, 0.3) is 11.4 Å². The van der Waals surface area contributed by atoms with Crippen LogP contribution in [0.3, 0.4) is 0 Å². The molecule has 0 aromatic carbocycles. The van der Waals surface area contributed by atoms with E-state index in [1.807, 2.05) is 24.0 Å². The van der Waals surface area contributed by atoms with E-state index >= 15 is 0 Å². The molecule has 30 heavy (non-hydrogen) atoms. The maximum atomic E-state index is 6.06. The fraction of sp³-hybridized carbons (Fsp3) is 0.696. The van der Waals surface area contributed by atoms with E-state index in [9.17, 15) is 0 Å². The highest BCUT2D eigenvalue weighted by molar-refractivity contribution is 5.59. The van der Waals surface area contributed by atoms with Crippen LogP contribution in [0.1, 0.15) is 37.7 Å². The third-order valence-electron chi connectivity index (χ3n) is 7.93. The number of aromatic nitrogens is 4. The molecule has 160 valence electrons. The Kier molecular flexibility index (Phi) is 4.57. The molecule has 7 heteroatoms. The molecule has 0 amide bonds. The van der Waals surface area contributed by atoms with Crippen molar-refractivity contribution in [1.29, 1.82) is 0 Å². The van der Waals surface area contributed by atoms with E-state index in [2.05, 4.69) is 38.5 Å². The van der Waals surface area contributed by atoms with Gasteiger partial charge in [-0.1, -0.05) is 0 Å². The molecule has 6 atom stereocenters. The Bertz CT molecular complexity index is 877. The van der Waals surface area contributed by atoms with Crippen LogP contribution < -0.4 is 5.32 Å². The summed E-state index contributed by atoms with van der Waals surface area (Å²) in [5.41, 5.74) is 3.03. The Hall–Kier alpha value is -1.99. The lowest BCUT2D eigenvalue weighted by atomic mass is 9.89. The summed E-state index contributed by atoms with van der Waals surface area (Å²) in [5.74, 6) is 3.32. The average Bonchev–Trinajstić information content (AvgIpc) is 3.52. The van der Waals surface area contributed by atoms with Gasteiger partial charge in [-0.05, 0) is 68.6 Å². The van der Waals surface area contributed by atoms with Gasteiger partial charge in [-0.15, -0.1) is 10.2 Å². The van der Waals surface area contributed by atoms with Gasteiger partial charge in [0.1, 0.15) is 11.5 Å². The number of aryl methyl sites for hydroxylation is 2. The Morgan fingerprint density at radius 3 is 2.53 bits per heavy atom. The average molecular weight is 409 g/mol. The Morgan fingerprint density at radius 1 is 1.10 bits per heavy atom. The first kappa shape index (κ1) is 18.8. The minimum absolute atomic E-state index is 0.520. The van der Waals surface area contributed by atoms with E-state index < -0.39 is 0 Å². The van der Waals surface area contributed by atoms with Crippen molar-refractivity contribution in [1.82, 2.24) is 24.9 Å². The third kappa shape index (κ3) is 3.32. The maximum Gasteiger partial charge on any atom is 0.148 e. The highest BCUT2D eigenvalue weighted by Gasteiger charge is 2.45. The van der Waals surface area contributed by atoms with E-state index in [0.29, 0.717) is 18.2 Å². The molecule has 3 saturated heterocycles. The zero-order valence-corrected chi connectivity index (χ0v) is 18.0. The molecule has 4 fully saturated rings. The largest absolute Gasteiger partial charge is 0.375 e. The van der Waals surface area contributed by atoms with Gasteiger partial charge < -0.3 is 15.0 Å². The first-order valence-electron chi connectivity index (χ1n) is 11.6. The minimum atomic E-state index is 0.520. The van der Waals surface area contributed by atoms with Crippen molar-refractivity contribution in [3.63, 3.8) is 0 Å². The summed E-state index contributed by atoms with van der Waals surface area (Å²) in [6.07, 6.45) is 9.39. The fourth-order valence-corrected chi connectivity index (χ4v) is 6.59. The second-order valence-electron chi connectivity index (χ2n) is 10.0. The summed E-state index contributed by atoms with van der Waals surface area (Å²) in [6, 6.07) is 4.63. The van der Waals surface area contributed by atoms with E-state index in [1.54, 1.807) is 0 Å². The second kappa shape index (κ2) is 7.31. The normalized spacial score (nSPS) is 35.3. The standard InChI is InChI=1S/C23H32N6O/c1-14-10-24-28(2)23(14)20-4-6-22(27-26-20)25-18-7-15-11-29(12-16(15)8-18)13-17-9-19-3-5-21(17)30-19/h4,6,10,15-19,21H,3,5,7-9,11-13H2,1-2H3,(H,25,27)/t15-,16+,17?,18-,19?,21?. The van der Waals surface area contributed by atoms with E-state index in [-0.39, 0.29) is 0 Å². The van der Waals surface area contributed by atoms with Crippen molar-refractivity contribution < 1.29 is 4.74 Å². The minimum Gasteiger partial charge on any atom is -0.375 e. The summed E-state index contributed by atoms with van der Waals surface area (Å²) in [6.45, 7) is 5.84. The molecule has 3 unspecified atom stereocenters. The number of fused-ring (bicyclic) bond motifs is 3. The summed E-state index contributed by atoms with van der Waals surface area (Å²) in [4.78, 5) is 2.73. The molecule has 0 radical (unpaired) electrons. The predicted octanol–water partition coefficient (Wildman–Crippen LogP) is 2.88. The van der Waals surface area contributed by atoms with Gasteiger partial charge in [-0.25, -0.2) is 0 Å². The molecule has 1 saturated carbocycles. The lowest BCUT2D eigenvalue weighted by molar-refractivity contribution is 0.0854. The summed E-state index contributed by atoms with van der Waals surface area (Å²) in [5, 5.41) is 16.9. The van der Waals surface area contributed by atoms with Crippen molar-refractivity contribution in [2.24, 2.45) is 24.8 Å². The summed E-state index contributed by atoms with van der Waals surface area (Å²) < 4.78 is 7.92. The van der Waals surface area contributed by atoms with Crippen LogP contribution in [0.15, 0.2) is 18.3 Å². The van der Waals surface area contributed by atoms with E-state index in [0.717, 1.165) is 40.5 Å². The third-order valence-corrected chi connectivity index (χ3v) is 7.93. The van der Waals surface area contributed by atoms with Crippen LogP contribution in [0, 0.1) is 24.7 Å². The molecule has 1 N–H and O–H groups in total. The quantitative estimate of drug-likeness (QED) is 0.821. The van der Waals surface area contributed by atoms with E-state index in [1.165, 1.54) is 51.7 Å². The highest BCUT2D eigenvalue weighted by Crippen LogP contribution is 2.43. The van der Waals surface area contributed by atoms with Crippen molar-refractivity contribution in [2.45, 2.75) is 57.3 Å². The number of nitrogens with one attached hydrogen (secondary N) is 1. The number of anilines is 1. The van der Waals surface area contributed by atoms with Gasteiger partial charge in [0.05, 0.1) is 24.1 Å². The summed E-state index contributed by atoms with van der Waals surface area (Å²) >= 11 is 0. The first-order valence-corrected chi connectivity index (χ1v) is 11.6. The molecule has 0 spiro atoms. The van der Waals surface area contributed by atoms with Crippen molar-refractivity contribution in [3.8, 4) is 11.4 Å². The van der Waals surface area contributed by atoms with Crippen LogP contribution in [0.4, 0.5) is 5.82 Å². The number of likely N-dealkylation sites (tertiary alicyclic amines) is 1. The number of hydrogen-bond donors (Lipinski definition) is 1. The fourth-order valence-electron chi connectivity index (χ4n) is 6.59. The van der Waals surface area contributed by atoms with Gasteiger partial charge in [-0.3, -0.25) is 4.68 Å².